The van der Waals surface area contributed by atoms with Gasteiger partial charge in [0, 0.05) is 19.7 Å². The molecule has 2 N–H and O–H groups in total. The van der Waals surface area contributed by atoms with Crippen LogP contribution >= 0.6 is 0 Å². The van der Waals surface area contributed by atoms with Crippen LogP contribution in [0, 0.1) is 6.92 Å². The monoisotopic (exact) mass is 327 g/mol. The highest BCUT2D eigenvalue weighted by molar-refractivity contribution is 5.94. The molecule has 3 rings (SSSR count). The number of benzene rings is 1. The molecule has 6 heteroatoms. The van der Waals surface area contributed by atoms with E-state index in [0.717, 1.165) is 30.1 Å². The number of nitrogens with two attached hydrogens (primary N) is 1. The van der Waals surface area contributed by atoms with Gasteiger partial charge in [-0.25, -0.2) is 0 Å². The number of aromatic nitrogens is 3. The zero-order chi connectivity index (χ0) is 17.3. The second kappa shape index (κ2) is 6.73. The maximum atomic E-state index is 12.8. The fourth-order valence-electron chi connectivity index (χ4n) is 3.37. The molecule has 0 saturated heterocycles. The highest BCUT2D eigenvalue weighted by atomic mass is 16.2. The van der Waals surface area contributed by atoms with Crippen molar-refractivity contribution in [3.63, 3.8) is 0 Å². The Balaban J connectivity index is 1.80. The molecule has 1 unspecified atom stereocenters. The van der Waals surface area contributed by atoms with Crippen LogP contribution in [0.3, 0.4) is 0 Å². The van der Waals surface area contributed by atoms with Crippen molar-refractivity contribution in [2.75, 3.05) is 13.6 Å². The molecule has 6 nitrogen and oxygen atoms in total. The van der Waals surface area contributed by atoms with Gasteiger partial charge in [-0.05, 0) is 61.9 Å². The number of amides is 1. The number of aryl methyl sites for hydroxylation is 2. The van der Waals surface area contributed by atoms with E-state index in [1.54, 1.807) is 11.9 Å². The van der Waals surface area contributed by atoms with Crippen LogP contribution < -0.4 is 5.73 Å². The molecule has 0 radical (unpaired) electrons. The van der Waals surface area contributed by atoms with Crippen molar-refractivity contribution in [3.8, 4) is 0 Å². The highest BCUT2D eigenvalue weighted by Crippen LogP contribution is 2.31. The second-order valence-electron chi connectivity index (χ2n) is 6.62. The lowest BCUT2D eigenvalue weighted by molar-refractivity contribution is 0.0780. The summed E-state index contributed by atoms with van der Waals surface area (Å²) in [5, 5.41) is 8.17. The van der Waals surface area contributed by atoms with E-state index in [0.29, 0.717) is 19.0 Å². The van der Waals surface area contributed by atoms with Crippen LogP contribution in [0.2, 0.25) is 0 Å². The second-order valence-corrected chi connectivity index (χ2v) is 6.62. The van der Waals surface area contributed by atoms with Gasteiger partial charge in [0.05, 0.1) is 6.54 Å². The normalized spacial score (nSPS) is 16.8. The Morgan fingerprint density at radius 3 is 2.88 bits per heavy atom. The topological polar surface area (TPSA) is 77.0 Å². The molecule has 1 aromatic heterocycles. The standard InChI is InChI=1S/C18H25N5O/c1-12-20-21-17(23(12)3)11-22(2)18(24)14-8-7-13-5-4-6-15(10-19)16(13)9-14/h7-9,15H,4-6,10-11,19H2,1-3H3. The molecule has 0 bridgehead atoms. The Labute approximate surface area is 142 Å². The molecule has 24 heavy (non-hydrogen) atoms. The van der Waals surface area contributed by atoms with Gasteiger partial charge in [0.2, 0.25) is 0 Å². The summed E-state index contributed by atoms with van der Waals surface area (Å²) in [7, 11) is 3.71. The van der Waals surface area contributed by atoms with Gasteiger partial charge in [-0.1, -0.05) is 6.07 Å². The molecule has 1 aliphatic rings. The molecule has 1 heterocycles. The summed E-state index contributed by atoms with van der Waals surface area (Å²) in [4.78, 5) is 14.5. The molecule has 1 amide bonds. The van der Waals surface area contributed by atoms with E-state index in [2.05, 4.69) is 16.3 Å². The number of carbonyl (C=O) groups excluding carboxylic acids is 1. The van der Waals surface area contributed by atoms with Crippen LogP contribution in [0.25, 0.3) is 0 Å². The number of rotatable bonds is 4. The van der Waals surface area contributed by atoms with Crippen LogP contribution in [0.5, 0.6) is 0 Å². The van der Waals surface area contributed by atoms with Gasteiger partial charge in [0.25, 0.3) is 5.91 Å². The van der Waals surface area contributed by atoms with Crippen molar-refractivity contribution in [1.82, 2.24) is 19.7 Å². The third-order valence-electron chi connectivity index (χ3n) is 5.02. The summed E-state index contributed by atoms with van der Waals surface area (Å²) in [5.41, 5.74) is 9.21. The predicted octanol–water partition coefficient (Wildman–Crippen LogP) is 1.77. The molecule has 2 aromatic rings. The van der Waals surface area contributed by atoms with Gasteiger partial charge in [-0.2, -0.15) is 0 Å². The minimum atomic E-state index is -0.000187. The third kappa shape index (κ3) is 3.06. The first-order chi connectivity index (χ1) is 11.5. The molecular weight excluding hydrogens is 302 g/mol. The van der Waals surface area contributed by atoms with E-state index in [1.165, 1.54) is 17.5 Å². The summed E-state index contributed by atoms with van der Waals surface area (Å²) in [6.45, 7) is 2.97. The van der Waals surface area contributed by atoms with E-state index in [1.807, 2.05) is 30.7 Å². The smallest absolute Gasteiger partial charge is 0.254 e. The minimum Gasteiger partial charge on any atom is -0.334 e. The van der Waals surface area contributed by atoms with Crippen LogP contribution in [0.4, 0.5) is 0 Å². The van der Waals surface area contributed by atoms with Crippen molar-refractivity contribution >= 4 is 5.91 Å². The number of carbonyl (C=O) groups is 1. The Morgan fingerprint density at radius 2 is 2.21 bits per heavy atom. The van der Waals surface area contributed by atoms with Crippen LogP contribution in [-0.4, -0.2) is 39.2 Å². The predicted molar refractivity (Wildman–Crippen MR) is 92.7 cm³/mol. The van der Waals surface area contributed by atoms with E-state index in [4.69, 9.17) is 5.73 Å². The SMILES string of the molecule is Cc1nnc(CN(C)C(=O)c2ccc3c(c2)C(CN)CCC3)n1C. The van der Waals surface area contributed by atoms with Gasteiger partial charge < -0.3 is 15.2 Å². The lowest BCUT2D eigenvalue weighted by Gasteiger charge is -2.25. The number of hydrogen-bond acceptors (Lipinski definition) is 4. The molecule has 0 saturated carbocycles. The van der Waals surface area contributed by atoms with Crippen molar-refractivity contribution in [3.05, 3.63) is 46.5 Å². The fourth-order valence-corrected chi connectivity index (χ4v) is 3.37. The zero-order valence-corrected chi connectivity index (χ0v) is 14.6. The van der Waals surface area contributed by atoms with Crippen LogP contribution in [-0.2, 0) is 20.0 Å². The van der Waals surface area contributed by atoms with Gasteiger partial charge in [-0.15, -0.1) is 10.2 Å². The first-order valence-electron chi connectivity index (χ1n) is 8.44. The molecule has 0 fully saturated rings. The van der Waals surface area contributed by atoms with Crippen molar-refractivity contribution in [1.29, 1.82) is 0 Å². The fraction of sp³-hybridized carbons (Fsp3) is 0.500. The minimum absolute atomic E-state index is 0.000187. The number of hydrogen-bond donors (Lipinski definition) is 1. The Kier molecular flexibility index (Phi) is 4.66. The maximum absolute atomic E-state index is 12.8. The summed E-state index contributed by atoms with van der Waals surface area (Å²) >= 11 is 0. The van der Waals surface area contributed by atoms with Gasteiger partial charge in [0.15, 0.2) is 5.82 Å². The average Bonchev–Trinajstić information content (AvgIpc) is 2.92. The third-order valence-corrected chi connectivity index (χ3v) is 5.02. The quantitative estimate of drug-likeness (QED) is 0.928. The Bertz CT molecular complexity index is 752. The Hall–Kier alpha value is -2.21. The van der Waals surface area contributed by atoms with Crippen LogP contribution in [0.1, 0.15) is 51.9 Å². The first-order valence-corrected chi connectivity index (χ1v) is 8.44. The number of fused-ring (bicyclic) bond motifs is 1. The van der Waals surface area contributed by atoms with E-state index < -0.39 is 0 Å². The van der Waals surface area contributed by atoms with Gasteiger partial charge in [0.1, 0.15) is 5.82 Å². The molecule has 0 aliphatic heterocycles. The maximum Gasteiger partial charge on any atom is 0.254 e. The van der Waals surface area contributed by atoms with Crippen molar-refractivity contribution in [2.45, 2.75) is 38.6 Å². The number of nitrogens with zero attached hydrogens (tertiary/aromatic N) is 4. The summed E-state index contributed by atoms with van der Waals surface area (Å²) in [5.74, 6) is 1.99. The average molecular weight is 327 g/mol. The van der Waals surface area contributed by atoms with Gasteiger partial charge >= 0.3 is 0 Å². The van der Waals surface area contributed by atoms with E-state index in [-0.39, 0.29) is 5.91 Å². The van der Waals surface area contributed by atoms with E-state index in [9.17, 15) is 4.79 Å². The first kappa shape index (κ1) is 16.6. The summed E-state index contributed by atoms with van der Waals surface area (Å²) in [6.07, 6.45) is 3.36. The molecule has 1 aliphatic carbocycles. The van der Waals surface area contributed by atoms with Crippen molar-refractivity contribution < 1.29 is 4.79 Å². The van der Waals surface area contributed by atoms with Gasteiger partial charge in [-0.3, -0.25) is 4.79 Å². The Morgan fingerprint density at radius 1 is 1.42 bits per heavy atom. The lowest BCUT2D eigenvalue weighted by Crippen LogP contribution is -2.28. The zero-order valence-electron chi connectivity index (χ0n) is 14.6. The molecule has 0 spiro atoms. The molecule has 1 aromatic carbocycles. The van der Waals surface area contributed by atoms with Crippen LogP contribution in [0.15, 0.2) is 18.2 Å². The summed E-state index contributed by atoms with van der Waals surface area (Å²) in [6, 6.07) is 6.05. The molecule has 1 atom stereocenters. The largest absolute Gasteiger partial charge is 0.334 e. The van der Waals surface area contributed by atoms with Crippen molar-refractivity contribution in [2.24, 2.45) is 12.8 Å². The van der Waals surface area contributed by atoms with E-state index >= 15 is 0 Å². The molecular formula is C18H25N5O. The lowest BCUT2D eigenvalue weighted by atomic mass is 9.82. The highest BCUT2D eigenvalue weighted by Gasteiger charge is 2.22. The molecule has 128 valence electrons. The summed E-state index contributed by atoms with van der Waals surface area (Å²) < 4.78 is 1.90.